The number of amides is 2. The number of benzene rings is 2. The van der Waals surface area contributed by atoms with E-state index in [4.69, 9.17) is 9.84 Å². The van der Waals surface area contributed by atoms with E-state index in [0.717, 1.165) is 22.3 Å². The average molecular weight is 472 g/mol. The molecule has 0 aliphatic heterocycles. The van der Waals surface area contributed by atoms with Gasteiger partial charge < -0.3 is 20.5 Å². The van der Waals surface area contributed by atoms with Crippen molar-refractivity contribution in [3.63, 3.8) is 0 Å². The average Bonchev–Trinajstić information content (AvgIpc) is 3.61. The van der Waals surface area contributed by atoms with Crippen LogP contribution in [0.25, 0.3) is 11.1 Å². The Hall–Kier alpha value is -3.49. The zero-order chi connectivity index (χ0) is 24.5. The van der Waals surface area contributed by atoms with Crippen molar-refractivity contribution in [1.82, 2.24) is 10.6 Å². The van der Waals surface area contributed by atoms with Crippen LogP contribution in [0.4, 0.5) is 13.6 Å². The second kappa shape index (κ2) is 9.40. The highest BCUT2D eigenvalue weighted by molar-refractivity contribution is 5.89. The third-order valence-electron chi connectivity index (χ3n) is 6.42. The van der Waals surface area contributed by atoms with E-state index in [1.54, 1.807) is 0 Å². The molecule has 4 rings (SSSR count). The molecule has 2 atom stereocenters. The summed E-state index contributed by atoms with van der Waals surface area (Å²) in [6.45, 7) is 1.41. The largest absolute Gasteiger partial charge is 0.480 e. The molecule has 2 aliphatic rings. The fourth-order valence-electron chi connectivity index (χ4n) is 4.44. The lowest BCUT2D eigenvalue weighted by atomic mass is 9.98. The predicted molar refractivity (Wildman–Crippen MR) is 120 cm³/mol. The van der Waals surface area contributed by atoms with Crippen LogP contribution in [-0.2, 0) is 14.3 Å². The summed E-state index contributed by atoms with van der Waals surface area (Å²) >= 11 is 0. The Morgan fingerprint density at radius 2 is 1.59 bits per heavy atom. The van der Waals surface area contributed by atoms with Gasteiger partial charge in [-0.2, -0.15) is 8.78 Å². The summed E-state index contributed by atoms with van der Waals surface area (Å²) in [5.74, 6) is -7.94. The molecule has 0 aromatic heterocycles. The van der Waals surface area contributed by atoms with Crippen molar-refractivity contribution in [2.75, 3.05) is 6.61 Å². The number of fused-ring (bicyclic) bond motifs is 3. The molecule has 7 nitrogen and oxygen atoms in total. The summed E-state index contributed by atoms with van der Waals surface area (Å²) in [5.41, 5.74) is 4.05. The van der Waals surface area contributed by atoms with Crippen LogP contribution in [-0.4, -0.2) is 47.7 Å². The molecule has 0 heterocycles. The molecule has 1 saturated carbocycles. The summed E-state index contributed by atoms with van der Waals surface area (Å²) in [6.07, 6.45) is -0.248. The topological polar surface area (TPSA) is 105 Å². The summed E-state index contributed by atoms with van der Waals surface area (Å²) in [6, 6.07) is 12.3. The first-order chi connectivity index (χ1) is 16.2. The van der Waals surface area contributed by atoms with E-state index < -0.39 is 41.9 Å². The van der Waals surface area contributed by atoms with E-state index in [2.05, 4.69) is 5.32 Å². The van der Waals surface area contributed by atoms with Crippen molar-refractivity contribution in [2.45, 2.75) is 50.1 Å². The first-order valence-corrected chi connectivity index (χ1v) is 11.3. The van der Waals surface area contributed by atoms with E-state index in [-0.39, 0.29) is 18.9 Å². The lowest BCUT2D eigenvalue weighted by Gasteiger charge is -2.28. The number of halogens is 2. The Kier molecular flexibility index (Phi) is 6.54. The number of hydrogen-bond acceptors (Lipinski definition) is 4. The van der Waals surface area contributed by atoms with Gasteiger partial charge in [0.2, 0.25) is 0 Å². The number of alkyl carbamates (subject to hydrolysis) is 1. The van der Waals surface area contributed by atoms with Crippen molar-refractivity contribution in [3.05, 3.63) is 59.7 Å². The summed E-state index contributed by atoms with van der Waals surface area (Å²) in [5, 5.41) is 13.1. The van der Waals surface area contributed by atoms with Gasteiger partial charge >= 0.3 is 18.0 Å². The van der Waals surface area contributed by atoms with E-state index >= 15 is 0 Å². The number of carboxylic acids is 1. The molecular formula is C25H26F2N2O5. The van der Waals surface area contributed by atoms with Gasteiger partial charge in [0.15, 0.2) is 0 Å². The van der Waals surface area contributed by atoms with Crippen LogP contribution < -0.4 is 10.6 Å². The van der Waals surface area contributed by atoms with E-state index in [0.29, 0.717) is 12.8 Å². The monoisotopic (exact) mass is 472 g/mol. The molecule has 1 fully saturated rings. The van der Waals surface area contributed by atoms with Gasteiger partial charge in [-0.05, 0) is 47.4 Å². The van der Waals surface area contributed by atoms with E-state index in [1.165, 1.54) is 6.92 Å². The number of ether oxygens (including phenoxy) is 1. The minimum absolute atomic E-state index is 0.0497. The van der Waals surface area contributed by atoms with Gasteiger partial charge in [-0.3, -0.25) is 4.79 Å². The number of carboxylic acid groups (broad SMARTS) is 1. The second-order valence-electron chi connectivity index (χ2n) is 8.68. The predicted octanol–water partition coefficient (Wildman–Crippen LogP) is 3.92. The maximum absolute atomic E-state index is 15.0. The molecule has 2 aliphatic carbocycles. The third-order valence-corrected chi connectivity index (χ3v) is 6.42. The normalized spacial score (nSPS) is 16.7. The third kappa shape index (κ3) is 4.60. The zero-order valence-corrected chi connectivity index (χ0v) is 18.6. The highest BCUT2D eigenvalue weighted by Gasteiger charge is 2.55. The van der Waals surface area contributed by atoms with Gasteiger partial charge in [0.1, 0.15) is 18.7 Å². The number of carbonyl (C=O) groups is 3. The molecule has 180 valence electrons. The molecule has 0 saturated heterocycles. The van der Waals surface area contributed by atoms with Crippen LogP contribution in [0.3, 0.4) is 0 Å². The Morgan fingerprint density at radius 3 is 2.09 bits per heavy atom. The summed E-state index contributed by atoms with van der Waals surface area (Å²) in [4.78, 5) is 35.9. The summed E-state index contributed by atoms with van der Waals surface area (Å²) < 4.78 is 35.3. The van der Waals surface area contributed by atoms with Crippen molar-refractivity contribution in [2.24, 2.45) is 5.92 Å². The van der Waals surface area contributed by atoms with Gasteiger partial charge in [0.25, 0.3) is 5.91 Å². The van der Waals surface area contributed by atoms with Gasteiger partial charge in [0.05, 0.1) is 0 Å². The standard InChI is InChI=1S/C25H26F2N2O5/c1-2-20(22(30)31)28-23(32)25(26,27)21(14-11-12-14)29-24(33)34-13-19-17-9-5-3-7-15(17)16-8-4-6-10-18(16)19/h3-10,14,19-21H,2,11-13H2,1H3,(H,28,32)(H,29,33)(H,30,31). The van der Waals surface area contributed by atoms with Crippen LogP contribution in [0, 0.1) is 5.92 Å². The Morgan fingerprint density at radius 1 is 1.03 bits per heavy atom. The minimum atomic E-state index is -3.99. The summed E-state index contributed by atoms with van der Waals surface area (Å²) in [7, 11) is 0. The maximum Gasteiger partial charge on any atom is 0.407 e. The number of nitrogens with one attached hydrogen (secondary N) is 2. The van der Waals surface area contributed by atoms with Gasteiger partial charge in [-0.25, -0.2) is 9.59 Å². The number of aliphatic carboxylic acids is 1. The van der Waals surface area contributed by atoms with Crippen LogP contribution in [0.2, 0.25) is 0 Å². The van der Waals surface area contributed by atoms with Crippen molar-refractivity contribution in [1.29, 1.82) is 0 Å². The molecule has 2 aromatic rings. The van der Waals surface area contributed by atoms with Crippen molar-refractivity contribution < 1.29 is 33.0 Å². The van der Waals surface area contributed by atoms with Crippen LogP contribution in [0.15, 0.2) is 48.5 Å². The van der Waals surface area contributed by atoms with Crippen molar-refractivity contribution >= 4 is 18.0 Å². The number of alkyl halides is 2. The first-order valence-electron chi connectivity index (χ1n) is 11.3. The SMILES string of the molecule is CCC(NC(=O)C(F)(F)C(NC(=O)OCC1c2ccccc2-c2ccccc21)C1CC1)C(=O)O. The minimum Gasteiger partial charge on any atom is -0.480 e. The number of hydrogen-bond donors (Lipinski definition) is 3. The Labute approximate surface area is 195 Å². The molecule has 9 heteroatoms. The highest BCUT2D eigenvalue weighted by atomic mass is 19.3. The fraction of sp³-hybridized carbons (Fsp3) is 0.400. The lowest BCUT2D eigenvalue weighted by molar-refractivity contribution is -0.155. The lowest BCUT2D eigenvalue weighted by Crippen LogP contribution is -2.59. The highest BCUT2D eigenvalue weighted by Crippen LogP contribution is 2.44. The fourth-order valence-corrected chi connectivity index (χ4v) is 4.44. The Balaban J connectivity index is 1.43. The molecule has 2 aromatic carbocycles. The molecule has 34 heavy (non-hydrogen) atoms. The van der Waals surface area contributed by atoms with Gasteiger partial charge in [-0.1, -0.05) is 55.5 Å². The second-order valence-corrected chi connectivity index (χ2v) is 8.68. The van der Waals surface area contributed by atoms with Crippen LogP contribution in [0.5, 0.6) is 0 Å². The molecule has 0 radical (unpaired) electrons. The van der Waals surface area contributed by atoms with Crippen LogP contribution in [0.1, 0.15) is 43.2 Å². The number of carbonyl (C=O) groups excluding carboxylic acids is 2. The first kappa shape index (κ1) is 23.7. The maximum atomic E-state index is 15.0. The smallest absolute Gasteiger partial charge is 0.407 e. The van der Waals surface area contributed by atoms with Crippen LogP contribution >= 0.6 is 0 Å². The van der Waals surface area contributed by atoms with E-state index in [9.17, 15) is 23.2 Å². The molecule has 0 spiro atoms. The number of rotatable bonds is 9. The zero-order valence-electron chi connectivity index (χ0n) is 18.6. The van der Waals surface area contributed by atoms with E-state index in [1.807, 2.05) is 53.8 Å². The molecule has 3 N–H and O–H groups in total. The Bertz CT molecular complexity index is 1060. The molecular weight excluding hydrogens is 446 g/mol. The molecule has 2 amide bonds. The van der Waals surface area contributed by atoms with Crippen molar-refractivity contribution in [3.8, 4) is 11.1 Å². The quantitative estimate of drug-likeness (QED) is 0.513. The van der Waals surface area contributed by atoms with Gasteiger partial charge in [-0.15, -0.1) is 0 Å². The molecule has 2 unspecified atom stereocenters. The van der Waals surface area contributed by atoms with Gasteiger partial charge in [0, 0.05) is 5.92 Å². The molecule has 0 bridgehead atoms.